The molecule has 1 aliphatic carbocycles. The van der Waals surface area contributed by atoms with Crippen molar-refractivity contribution in [3.8, 4) is 11.3 Å². The quantitative estimate of drug-likeness (QED) is 0.486. The summed E-state index contributed by atoms with van der Waals surface area (Å²) in [5.74, 6) is 0.173. The molecule has 0 radical (unpaired) electrons. The molecular weight excluding hydrogens is 462 g/mol. The second-order valence-electron chi connectivity index (χ2n) is 9.39. The van der Waals surface area contributed by atoms with Crippen molar-refractivity contribution in [1.82, 2.24) is 30.0 Å². The Bertz CT molecular complexity index is 1510. The number of rotatable bonds is 5. The van der Waals surface area contributed by atoms with Gasteiger partial charge in [0.1, 0.15) is 11.4 Å². The first-order valence-corrected chi connectivity index (χ1v) is 11.6. The molecule has 12 nitrogen and oxygen atoms in total. The Labute approximate surface area is 211 Å². The number of ether oxygens (including phenoxy) is 1. The van der Waals surface area contributed by atoms with E-state index in [-0.39, 0.29) is 29.0 Å². The lowest BCUT2D eigenvalue weighted by atomic mass is 9.83. The van der Waals surface area contributed by atoms with E-state index in [0.29, 0.717) is 19.0 Å². The lowest BCUT2D eigenvalue weighted by molar-refractivity contribution is -0.117. The molecule has 5 heterocycles. The van der Waals surface area contributed by atoms with Crippen LogP contribution in [-0.2, 0) is 22.1 Å². The summed E-state index contributed by atoms with van der Waals surface area (Å²) in [4.78, 5) is 36.7. The molecule has 6 rings (SSSR count). The Balaban J connectivity index is 1.44. The number of hydrogen-bond acceptors (Lipinski definition) is 9. The minimum atomic E-state index is -2.73. The molecule has 186 valence electrons. The zero-order valence-corrected chi connectivity index (χ0v) is 20.0. The fourth-order valence-electron chi connectivity index (χ4n) is 4.88. The number of fused-ring (bicyclic) bond motifs is 4. The fraction of sp³-hybridized carbons (Fsp3) is 0.417. The molecule has 2 fully saturated rings. The van der Waals surface area contributed by atoms with E-state index in [1.165, 1.54) is 6.07 Å². The first kappa shape index (κ1) is 19.2. The van der Waals surface area contributed by atoms with Crippen molar-refractivity contribution in [2.75, 3.05) is 42.8 Å². The standard InChI is InChI=1S/C24H27N9O3/c1-12-27-17-14-7-8-26-21(19(14)33(4)24(10-36-11-24)20(17)32(12)3)28-15-9-16(29-22(34)13-5-6-13)30-31-18(15)23(35)25-2/h7-9,13H,5-6,10-11H2,1-4H3,(H,25,35)(H2,26,28,29,30,34)/i2D3. The van der Waals surface area contributed by atoms with Gasteiger partial charge < -0.3 is 30.2 Å². The highest BCUT2D eigenvalue weighted by atomic mass is 16.5. The maximum absolute atomic E-state index is 12.9. The zero-order valence-electron chi connectivity index (χ0n) is 23.0. The lowest BCUT2D eigenvalue weighted by Gasteiger charge is -2.52. The SMILES string of the molecule is [2H]C([2H])([2H])NC(=O)c1nnc(NC(=O)C2CC2)cc1Nc1nccc2c1N(C)C1(COC1)c1c-2nc(C)n1C. The number of carbonyl (C=O) groups is 2. The van der Waals surface area contributed by atoms with Crippen LogP contribution in [0, 0.1) is 12.8 Å². The van der Waals surface area contributed by atoms with Crippen LogP contribution < -0.4 is 20.9 Å². The van der Waals surface area contributed by atoms with Crippen LogP contribution in [0.2, 0.25) is 0 Å². The molecule has 3 N–H and O–H groups in total. The van der Waals surface area contributed by atoms with Crippen LogP contribution in [0.3, 0.4) is 0 Å². The molecule has 1 saturated heterocycles. The van der Waals surface area contributed by atoms with Crippen molar-refractivity contribution in [3.05, 3.63) is 35.5 Å². The number of nitrogens with one attached hydrogen (secondary N) is 3. The van der Waals surface area contributed by atoms with Crippen LogP contribution in [0.1, 0.15) is 39.0 Å². The summed E-state index contributed by atoms with van der Waals surface area (Å²) in [6, 6.07) is 3.33. The molecule has 3 aliphatic rings. The second kappa shape index (κ2) is 7.98. The van der Waals surface area contributed by atoms with Crippen molar-refractivity contribution >= 4 is 34.8 Å². The molecule has 2 amide bonds. The molecule has 1 spiro atoms. The van der Waals surface area contributed by atoms with Gasteiger partial charge in [0.2, 0.25) is 5.91 Å². The van der Waals surface area contributed by atoms with Crippen LogP contribution in [0.5, 0.6) is 0 Å². The predicted molar refractivity (Wildman–Crippen MR) is 132 cm³/mol. The molecule has 2 aliphatic heterocycles. The largest absolute Gasteiger partial charge is 0.376 e. The number of anilines is 4. The van der Waals surface area contributed by atoms with Crippen LogP contribution in [0.25, 0.3) is 11.3 Å². The summed E-state index contributed by atoms with van der Waals surface area (Å²) in [7, 11) is 3.93. The molecule has 3 aromatic rings. The van der Waals surface area contributed by atoms with Gasteiger partial charge in [-0.1, -0.05) is 0 Å². The first-order chi connectivity index (χ1) is 18.5. The third kappa shape index (κ3) is 3.24. The third-order valence-corrected chi connectivity index (χ3v) is 7.17. The van der Waals surface area contributed by atoms with Gasteiger partial charge in [0.15, 0.2) is 17.3 Å². The summed E-state index contributed by atoms with van der Waals surface area (Å²) in [5, 5.41) is 15.7. The molecule has 3 aromatic heterocycles. The van der Waals surface area contributed by atoms with E-state index in [2.05, 4.69) is 35.3 Å². The minimum absolute atomic E-state index is 0.0740. The first-order valence-electron chi connectivity index (χ1n) is 13.1. The number of aryl methyl sites for hydroxylation is 1. The van der Waals surface area contributed by atoms with Crippen LogP contribution in [0.4, 0.5) is 23.0 Å². The maximum Gasteiger partial charge on any atom is 0.273 e. The second-order valence-corrected chi connectivity index (χ2v) is 9.39. The van der Waals surface area contributed by atoms with Gasteiger partial charge in [-0.3, -0.25) is 9.59 Å². The summed E-state index contributed by atoms with van der Waals surface area (Å²) < 4.78 is 30.1. The van der Waals surface area contributed by atoms with Crippen molar-refractivity contribution < 1.29 is 18.4 Å². The maximum atomic E-state index is 12.9. The Morgan fingerprint density at radius 2 is 2.06 bits per heavy atom. The molecule has 36 heavy (non-hydrogen) atoms. The number of carbonyl (C=O) groups excluding carboxylic acids is 2. The van der Waals surface area contributed by atoms with Gasteiger partial charge in [0.25, 0.3) is 5.91 Å². The van der Waals surface area contributed by atoms with E-state index < -0.39 is 18.4 Å². The van der Waals surface area contributed by atoms with Crippen LogP contribution in [0.15, 0.2) is 18.3 Å². The highest BCUT2D eigenvalue weighted by molar-refractivity contribution is 6.00. The number of amides is 2. The monoisotopic (exact) mass is 492 g/mol. The molecular formula is C24H27N9O3. The molecule has 0 aromatic carbocycles. The number of hydrogen-bond donors (Lipinski definition) is 3. The van der Waals surface area contributed by atoms with Crippen LogP contribution in [-0.4, -0.2) is 63.8 Å². The molecule has 12 heteroatoms. The van der Waals surface area contributed by atoms with E-state index in [0.717, 1.165) is 41.3 Å². The Morgan fingerprint density at radius 3 is 2.75 bits per heavy atom. The van der Waals surface area contributed by atoms with Crippen molar-refractivity contribution in [2.45, 2.75) is 25.3 Å². The van der Waals surface area contributed by atoms with Gasteiger partial charge in [-0.25, -0.2) is 9.97 Å². The molecule has 0 bridgehead atoms. The summed E-state index contributed by atoms with van der Waals surface area (Å²) in [6.45, 7) is 0.137. The third-order valence-electron chi connectivity index (χ3n) is 7.17. The number of nitrogens with zero attached hydrogens (tertiary/aromatic N) is 6. The normalized spacial score (nSPS) is 18.8. The number of aromatic nitrogens is 5. The van der Waals surface area contributed by atoms with Gasteiger partial charge >= 0.3 is 0 Å². The Hall–Kier alpha value is -4.06. The smallest absolute Gasteiger partial charge is 0.273 e. The number of pyridine rings is 1. The number of likely N-dealkylation sites (N-methyl/N-ethyl adjacent to an activating group) is 1. The summed E-state index contributed by atoms with van der Waals surface area (Å²) in [6.07, 6.45) is 3.23. The van der Waals surface area contributed by atoms with Gasteiger partial charge in [0, 0.05) is 48.9 Å². The van der Waals surface area contributed by atoms with E-state index >= 15 is 0 Å². The predicted octanol–water partition coefficient (Wildman–Crippen LogP) is 1.71. The fourth-order valence-corrected chi connectivity index (χ4v) is 4.88. The van der Waals surface area contributed by atoms with E-state index in [1.54, 1.807) is 6.20 Å². The summed E-state index contributed by atoms with van der Waals surface area (Å²) in [5.41, 5.74) is 2.85. The van der Waals surface area contributed by atoms with E-state index in [1.807, 2.05) is 32.4 Å². The Kier molecular flexibility index (Phi) is 4.25. The van der Waals surface area contributed by atoms with Crippen molar-refractivity contribution in [2.24, 2.45) is 13.0 Å². The Morgan fingerprint density at radius 1 is 1.25 bits per heavy atom. The average Bonchev–Trinajstić information content (AvgIpc) is 3.64. The highest BCUT2D eigenvalue weighted by Crippen LogP contribution is 2.52. The van der Waals surface area contributed by atoms with Gasteiger partial charge in [-0.2, -0.15) is 0 Å². The number of imidazole rings is 1. The summed E-state index contributed by atoms with van der Waals surface area (Å²) >= 11 is 0. The lowest BCUT2D eigenvalue weighted by Crippen LogP contribution is -2.61. The van der Waals surface area contributed by atoms with E-state index in [4.69, 9.17) is 13.8 Å². The van der Waals surface area contributed by atoms with Crippen molar-refractivity contribution in [1.29, 1.82) is 0 Å². The molecule has 1 saturated carbocycles. The van der Waals surface area contributed by atoms with E-state index in [9.17, 15) is 9.59 Å². The molecule has 0 atom stereocenters. The highest BCUT2D eigenvalue weighted by Gasteiger charge is 2.52. The van der Waals surface area contributed by atoms with Gasteiger partial charge in [-0.15, -0.1) is 10.2 Å². The topological polar surface area (TPSA) is 139 Å². The van der Waals surface area contributed by atoms with Gasteiger partial charge in [-0.05, 0) is 25.8 Å². The van der Waals surface area contributed by atoms with Crippen LogP contribution >= 0.6 is 0 Å². The average molecular weight is 493 g/mol. The minimum Gasteiger partial charge on any atom is -0.376 e. The zero-order chi connectivity index (χ0) is 27.7. The van der Waals surface area contributed by atoms with Crippen molar-refractivity contribution in [3.63, 3.8) is 0 Å². The molecule has 0 unspecified atom stereocenters. The van der Waals surface area contributed by atoms with Gasteiger partial charge in [0.05, 0.1) is 36.0 Å².